The molecule has 15 heavy (non-hydrogen) atoms. The molecule has 2 aromatic rings. The minimum absolute atomic E-state index is 0.345. The fraction of sp³-hybridized carbons (Fsp3) is 0.200. The van der Waals surface area contributed by atoms with E-state index in [1.165, 1.54) is 18.2 Å². The summed E-state index contributed by atoms with van der Waals surface area (Å²) in [5.41, 5.74) is 6.70. The molecule has 0 aliphatic rings. The van der Waals surface area contributed by atoms with E-state index in [0.717, 1.165) is 12.2 Å². The van der Waals surface area contributed by atoms with Crippen molar-refractivity contribution in [2.45, 2.75) is 13.3 Å². The van der Waals surface area contributed by atoms with E-state index in [1.54, 1.807) is 0 Å². The second kappa shape index (κ2) is 3.68. The molecule has 0 saturated carbocycles. The minimum atomic E-state index is -0.345. The Kier molecular flexibility index (Phi) is 2.37. The number of anilines is 1. The molecule has 0 saturated heterocycles. The van der Waals surface area contributed by atoms with E-state index in [-0.39, 0.29) is 5.82 Å². The van der Waals surface area contributed by atoms with Crippen LogP contribution in [0.5, 0.6) is 0 Å². The van der Waals surface area contributed by atoms with Gasteiger partial charge < -0.3 is 5.73 Å². The predicted octanol–water partition coefficient (Wildman–Crippen LogP) is 1.76. The predicted molar refractivity (Wildman–Crippen MR) is 55.6 cm³/mol. The van der Waals surface area contributed by atoms with Crippen LogP contribution in [0.4, 0.5) is 10.1 Å². The number of H-pyrrole nitrogens is 1. The maximum atomic E-state index is 13.0. The quantitative estimate of drug-likeness (QED) is 0.735. The highest BCUT2D eigenvalue weighted by Gasteiger charge is 2.09. The van der Waals surface area contributed by atoms with Crippen molar-refractivity contribution in [2.75, 3.05) is 5.73 Å². The first-order valence-corrected chi connectivity index (χ1v) is 4.67. The van der Waals surface area contributed by atoms with Crippen LogP contribution in [0.2, 0.25) is 0 Å². The lowest BCUT2D eigenvalue weighted by atomic mass is 10.1. The molecular weight excluding hydrogens is 195 g/mol. The summed E-state index contributed by atoms with van der Waals surface area (Å²) in [6.07, 6.45) is 0.752. The van der Waals surface area contributed by atoms with Gasteiger partial charge in [0.25, 0.3) is 0 Å². The number of aromatic amines is 1. The Hall–Kier alpha value is -1.91. The van der Waals surface area contributed by atoms with E-state index >= 15 is 0 Å². The summed E-state index contributed by atoms with van der Waals surface area (Å²) in [5.74, 6) is 0.847. The molecule has 1 aromatic heterocycles. The van der Waals surface area contributed by atoms with Crippen LogP contribution in [-0.4, -0.2) is 15.2 Å². The maximum Gasteiger partial charge on any atom is 0.183 e. The third kappa shape index (κ3) is 1.81. The highest BCUT2D eigenvalue weighted by atomic mass is 19.1. The van der Waals surface area contributed by atoms with Crippen molar-refractivity contribution < 1.29 is 4.39 Å². The zero-order valence-electron chi connectivity index (χ0n) is 8.29. The molecule has 4 nitrogen and oxygen atoms in total. The van der Waals surface area contributed by atoms with Crippen LogP contribution in [0.1, 0.15) is 12.7 Å². The second-order valence-electron chi connectivity index (χ2n) is 3.19. The van der Waals surface area contributed by atoms with Crippen LogP contribution in [0.15, 0.2) is 18.2 Å². The Balaban J connectivity index is 2.48. The zero-order chi connectivity index (χ0) is 10.8. The Labute approximate surface area is 86.3 Å². The first-order chi connectivity index (χ1) is 7.20. The summed E-state index contributed by atoms with van der Waals surface area (Å²) in [6.45, 7) is 1.96. The number of benzene rings is 1. The molecule has 0 aliphatic heterocycles. The molecule has 2 rings (SSSR count). The van der Waals surface area contributed by atoms with Crippen molar-refractivity contribution in [3.05, 3.63) is 29.8 Å². The molecule has 3 N–H and O–H groups in total. The average Bonchev–Trinajstić information content (AvgIpc) is 2.70. The molecule has 0 spiro atoms. The van der Waals surface area contributed by atoms with E-state index in [1.807, 2.05) is 6.92 Å². The van der Waals surface area contributed by atoms with Crippen LogP contribution in [-0.2, 0) is 6.42 Å². The summed E-state index contributed by atoms with van der Waals surface area (Å²) < 4.78 is 13.0. The lowest BCUT2D eigenvalue weighted by Crippen LogP contribution is -1.92. The molecule has 5 heteroatoms. The number of nitrogens with two attached hydrogens (primary N) is 1. The van der Waals surface area contributed by atoms with Crippen LogP contribution >= 0.6 is 0 Å². The van der Waals surface area contributed by atoms with Gasteiger partial charge >= 0.3 is 0 Å². The second-order valence-corrected chi connectivity index (χ2v) is 3.19. The number of aryl methyl sites for hydroxylation is 1. The molecule has 0 aliphatic carbocycles. The van der Waals surface area contributed by atoms with Gasteiger partial charge in [-0.3, -0.25) is 5.10 Å². The molecule has 0 amide bonds. The van der Waals surface area contributed by atoms with Crippen LogP contribution in [0.25, 0.3) is 11.4 Å². The van der Waals surface area contributed by atoms with Gasteiger partial charge in [0.15, 0.2) is 5.82 Å². The van der Waals surface area contributed by atoms with Crippen molar-refractivity contribution in [3.63, 3.8) is 0 Å². The summed E-state index contributed by atoms with van der Waals surface area (Å²) >= 11 is 0. The number of nitrogens with zero attached hydrogens (tertiary/aromatic N) is 2. The number of rotatable bonds is 2. The molecule has 0 atom stereocenters. The first-order valence-electron chi connectivity index (χ1n) is 4.67. The highest BCUT2D eigenvalue weighted by Crippen LogP contribution is 2.23. The normalized spacial score (nSPS) is 10.5. The molecule has 0 radical (unpaired) electrons. The van der Waals surface area contributed by atoms with E-state index in [2.05, 4.69) is 15.2 Å². The fourth-order valence-corrected chi connectivity index (χ4v) is 1.30. The van der Waals surface area contributed by atoms with Gasteiger partial charge in [0, 0.05) is 17.7 Å². The number of halogens is 1. The van der Waals surface area contributed by atoms with Crippen molar-refractivity contribution in [1.29, 1.82) is 0 Å². The number of nitrogen functional groups attached to an aromatic ring is 1. The Bertz CT molecular complexity index is 478. The molecule has 78 valence electrons. The number of nitrogens with one attached hydrogen (secondary N) is 1. The van der Waals surface area contributed by atoms with Gasteiger partial charge in [-0.2, -0.15) is 5.10 Å². The topological polar surface area (TPSA) is 67.6 Å². The molecule has 1 aromatic carbocycles. The first kappa shape index (κ1) is 9.64. The lowest BCUT2D eigenvalue weighted by Gasteiger charge is -2.00. The number of aromatic nitrogens is 3. The smallest absolute Gasteiger partial charge is 0.183 e. The molecule has 0 unspecified atom stereocenters. The molecular formula is C10H11FN4. The maximum absolute atomic E-state index is 13.0. The Morgan fingerprint density at radius 3 is 2.93 bits per heavy atom. The van der Waals surface area contributed by atoms with Gasteiger partial charge in [-0.25, -0.2) is 9.37 Å². The fourth-order valence-electron chi connectivity index (χ4n) is 1.30. The van der Waals surface area contributed by atoms with Crippen LogP contribution in [0, 0.1) is 5.82 Å². The monoisotopic (exact) mass is 206 g/mol. The Morgan fingerprint density at radius 2 is 2.27 bits per heavy atom. The van der Waals surface area contributed by atoms with Gasteiger partial charge in [0.2, 0.25) is 0 Å². The minimum Gasteiger partial charge on any atom is -0.398 e. The molecule has 0 fully saturated rings. The van der Waals surface area contributed by atoms with Crippen molar-refractivity contribution in [3.8, 4) is 11.4 Å². The van der Waals surface area contributed by atoms with Gasteiger partial charge in [-0.05, 0) is 18.2 Å². The summed E-state index contributed by atoms with van der Waals surface area (Å²) in [4.78, 5) is 4.19. The SMILES string of the molecule is CCc1nc(-c2cc(F)ccc2N)n[nH]1. The number of hydrogen-bond acceptors (Lipinski definition) is 3. The van der Waals surface area contributed by atoms with E-state index in [4.69, 9.17) is 5.73 Å². The van der Waals surface area contributed by atoms with Crippen molar-refractivity contribution >= 4 is 5.69 Å². The highest BCUT2D eigenvalue weighted by molar-refractivity contribution is 5.71. The van der Waals surface area contributed by atoms with E-state index < -0.39 is 0 Å². The van der Waals surface area contributed by atoms with Crippen molar-refractivity contribution in [2.24, 2.45) is 0 Å². The van der Waals surface area contributed by atoms with Gasteiger partial charge in [-0.15, -0.1) is 0 Å². The third-order valence-corrected chi connectivity index (χ3v) is 2.12. The summed E-state index contributed by atoms with van der Waals surface area (Å²) in [6, 6.07) is 4.15. The van der Waals surface area contributed by atoms with Crippen molar-refractivity contribution in [1.82, 2.24) is 15.2 Å². The Morgan fingerprint density at radius 1 is 1.47 bits per heavy atom. The zero-order valence-corrected chi connectivity index (χ0v) is 8.29. The average molecular weight is 206 g/mol. The van der Waals surface area contributed by atoms with E-state index in [0.29, 0.717) is 17.1 Å². The summed E-state index contributed by atoms with van der Waals surface area (Å²) in [7, 11) is 0. The van der Waals surface area contributed by atoms with Crippen LogP contribution in [0.3, 0.4) is 0 Å². The largest absolute Gasteiger partial charge is 0.398 e. The van der Waals surface area contributed by atoms with Gasteiger partial charge in [0.05, 0.1) is 0 Å². The van der Waals surface area contributed by atoms with Crippen LogP contribution < -0.4 is 5.73 Å². The standard InChI is InChI=1S/C10H11FN4/c1-2-9-13-10(15-14-9)7-5-6(11)3-4-8(7)12/h3-5H,2,12H2,1H3,(H,13,14,15). The third-order valence-electron chi connectivity index (χ3n) is 2.12. The van der Waals surface area contributed by atoms with Gasteiger partial charge in [-0.1, -0.05) is 6.92 Å². The number of hydrogen-bond donors (Lipinski definition) is 2. The van der Waals surface area contributed by atoms with Gasteiger partial charge in [0.1, 0.15) is 11.6 Å². The molecule has 0 bridgehead atoms. The summed E-state index contributed by atoms with van der Waals surface area (Å²) in [5, 5.41) is 6.74. The molecule has 1 heterocycles. The van der Waals surface area contributed by atoms with E-state index in [9.17, 15) is 4.39 Å². The lowest BCUT2D eigenvalue weighted by molar-refractivity contribution is 0.628.